The lowest BCUT2D eigenvalue weighted by Crippen LogP contribution is -2.39. The molecule has 0 heterocycles. The van der Waals surface area contributed by atoms with Gasteiger partial charge in [0.2, 0.25) is 10.0 Å². The van der Waals surface area contributed by atoms with Crippen molar-refractivity contribution in [3.05, 3.63) is 63.6 Å². The zero-order valence-electron chi connectivity index (χ0n) is 14.1. The van der Waals surface area contributed by atoms with Crippen LogP contribution in [-0.4, -0.2) is 33.3 Å². The zero-order chi connectivity index (χ0) is 19.3. The first-order valence-corrected chi connectivity index (χ1v) is 10.1. The minimum absolute atomic E-state index is 0.344. The Morgan fingerprint density at radius 1 is 1.15 bits per heavy atom. The summed E-state index contributed by atoms with van der Waals surface area (Å²) in [6, 6.07) is 11.7. The summed E-state index contributed by atoms with van der Waals surface area (Å²) >= 11 is 11.7. The maximum Gasteiger partial charge on any atom is 0.260 e. The Morgan fingerprint density at radius 2 is 1.77 bits per heavy atom. The number of halogens is 2. The normalized spacial score (nSPS) is 11.5. The van der Waals surface area contributed by atoms with Crippen molar-refractivity contribution in [2.45, 2.75) is 6.92 Å². The fourth-order valence-electron chi connectivity index (χ4n) is 2.13. The number of rotatable bonds is 6. The van der Waals surface area contributed by atoms with Crippen molar-refractivity contribution >= 4 is 51.0 Å². The van der Waals surface area contributed by atoms with Crippen LogP contribution >= 0.6 is 23.2 Å². The molecule has 6 nitrogen and oxygen atoms in total. The summed E-state index contributed by atoms with van der Waals surface area (Å²) in [5.74, 6) is -0.583. The number of aryl methyl sites for hydroxylation is 1. The predicted octanol–water partition coefficient (Wildman–Crippen LogP) is 3.22. The number of hydrogen-bond acceptors (Lipinski definition) is 4. The van der Waals surface area contributed by atoms with Gasteiger partial charge in [0.15, 0.2) is 0 Å². The summed E-state index contributed by atoms with van der Waals surface area (Å²) < 4.78 is 25.2. The van der Waals surface area contributed by atoms with Crippen molar-refractivity contribution in [1.29, 1.82) is 0 Å². The summed E-state index contributed by atoms with van der Waals surface area (Å²) in [5, 5.41) is 4.79. The molecular weight excluding hydrogens is 397 g/mol. The first kappa shape index (κ1) is 20.2. The quantitative estimate of drug-likeness (QED) is 0.583. The number of hydrazone groups is 1. The average Bonchev–Trinajstić information content (AvgIpc) is 2.56. The Morgan fingerprint density at radius 3 is 2.38 bits per heavy atom. The van der Waals surface area contributed by atoms with Gasteiger partial charge in [0, 0.05) is 10.0 Å². The Balaban J connectivity index is 2.12. The molecule has 1 N–H and O–H groups in total. The van der Waals surface area contributed by atoms with Gasteiger partial charge in [-0.3, -0.25) is 9.10 Å². The predicted molar refractivity (Wildman–Crippen MR) is 106 cm³/mol. The van der Waals surface area contributed by atoms with E-state index in [1.54, 1.807) is 43.3 Å². The standard InChI is InChI=1S/C17H17Cl2N3O3S/c1-12-3-6-15(19)9-16(12)22(26(2,24)25)11-17(23)21-20-10-13-4-7-14(18)8-5-13/h3-10H,11H2,1-2H3,(H,21,23)/b20-10-. The molecule has 0 aromatic heterocycles. The smallest absolute Gasteiger partial charge is 0.260 e. The highest BCUT2D eigenvalue weighted by molar-refractivity contribution is 7.92. The molecule has 0 aliphatic heterocycles. The molecule has 2 rings (SSSR count). The van der Waals surface area contributed by atoms with E-state index in [0.717, 1.165) is 16.1 Å². The van der Waals surface area contributed by atoms with E-state index >= 15 is 0 Å². The molecule has 0 aliphatic carbocycles. The third-order valence-electron chi connectivity index (χ3n) is 3.40. The van der Waals surface area contributed by atoms with Crippen molar-refractivity contribution < 1.29 is 13.2 Å². The van der Waals surface area contributed by atoms with E-state index < -0.39 is 22.5 Å². The maximum absolute atomic E-state index is 12.1. The topological polar surface area (TPSA) is 78.8 Å². The molecule has 138 valence electrons. The molecule has 2 aromatic rings. The number of nitrogens with zero attached hydrogens (tertiary/aromatic N) is 2. The van der Waals surface area contributed by atoms with Crippen LogP contribution in [0.5, 0.6) is 0 Å². The third-order valence-corrected chi connectivity index (χ3v) is 5.01. The summed E-state index contributed by atoms with van der Waals surface area (Å²) in [6.45, 7) is 1.32. The van der Waals surface area contributed by atoms with Crippen LogP contribution < -0.4 is 9.73 Å². The summed E-state index contributed by atoms with van der Waals surface area (Å²) in [4.78, 5) is 12.1. The van der Waals surface area contributed by atoms with Gasteiger partial charge in [-0.2, -0.15) is 5.10 Å². The fourth-order valence-corrected chi connectivity index (χ4v) is 3.32. The number of sulfonamides is 1. The number of carbonyl (C=O) groups is 1. The van der Waals surface area contributed by atoms with E-state index in [0.29, 0.717) is 21.3 Å². The highest BCUT2D eigenvalue weighted by atomic mass is 35.5. The number of carbonyl (C=O) groups excluding carboxylic acids is 1. The highest BCUT2D eigenvalue weighted by Gasteiger charge is 2.22. The van der Waals surface area contributed by atoms with Crippen molar-refractivity contribution in [2.24, 2.45) is 5.10 Å². The number of hydrogen-bond donors (Lipinski definition) is 1. The van der Waals surface area contributed by atoms with Crippen molar-refractivity contribution in [3.8, 4) is 0 Å². The Bertz CT molecular complexity index is 929. The highest BCUT2D eigenvalue weighted by Crippen LogP contribution is 2.26. The van der Waals surface area contributed by atoms with Gasteiger partial charge in [0.1, 0.15) is 6.54 Å². The number of amides is 1. The molecule has 0 radical (unpaired) electrons. The van der Waals surface area contributed by atoms with Gasteiger partial charge in [-0.25, -0.2) is 13.8 Å². The fraction of sp³-hybridized carbons (Fsp3) is 0.176. The van der Waals surface area contributed by atoms with Gasteiger partial charge < -0.3 is 0 Å². The monoisotopic (exact) mass is 413 g/mol. The first-order valence-electron chi connectivity index (χ1n) is 7.48. The van der Waals surface area contributed by atoms with Crippen LogP contribution in [0.1, 0.15) is 11.1 Å². The van der Waals surface area contributed by atoms with Gasteiger partial charge >= 0.3 is 0 Å². The van der Waals surface area contributed by atoms with Crippen LogP contribution in [0, 0.1) is 6.92 Å². The second kappa shape index (κ2) is 8.53. The summed E-state index contributed by atoms with van der Waals surface area (Å²) in [7, 11) is -3.69. The van der Waals surface area contributed by atoms with Crippen LogP contribution in [0.4, 0.5) is 5.69 Å². The number of nitrogens with one attached hydrogen (secondary N) is 1. The van der Waals surface area contributed by atoms with E-state index in [2.05, 4.69) is 10.5 Å². The molecule has 9 heteroatoms. The molecule has 0 unspecified atom stereocenters. The van der Waals surface area contributed by atoms with Crippen LogP contribution in [0.15, 0.2) is 47.6 Å². The Kier molecular flexibility index (Phi) is 6.63. The maximum atomic E-state index is 12.1. The minimum atomic E-state index is -3.69. The van der Waals surface area contributed by atoms with Gasteiger partial charge in [-0.05, 0) is 42.3 Å². The lowest BCUT2D eigenvalue weighted by Gasteiger charge is -2.23. The van der Waals surface area contributed by atoms with Crippen LogP contribution in [0.2, 0.25) is 10.0 Å². The summed E-state index contributed by atoms with van der Waals surface area (Å²) in [6.07, 6.45) is 2.46. The molecule has 26 heavy (non-hydrogen) atoms. The molecule has 2 aromatic carbocycles. The van der Waals surface area contributed by atoms with E-state index in [1.807, 2.05) is 0 Å². The second-order valence-corrected chi connectivity index (χ2v) is 8.32. The zero-order valence-corrected chi connectivity index (χ0v) is 16.4. The number of anilines is 1. The lowest BCUT2D eigenvalue weighted by atomic mass is 10.2. The van der Waals surface area contributed by atoms with Crippen molar-refractivity contribution in [3.63, 3.8) is 0 Å². The third kappa shape index (κ3) is 5.72. The van der Waals surface area contributed by atoms with Gasteiger partial charge in [0.25, 0.3) is 5.91 Å². The average molecular weight is 414 g/mol. The van der Waals surface area contributed by atoms with Gasteiger partial charge in [-0.15, -0.1) is 0 Å². The first-order chi connectivity index (χ1) is 12.2. The van der Waals surface area contributed by atoms with E-state index in [4.69, 9.17) is 23.2 Å². The van der Waals surface area contributed by atoms with Crippen molar-refractivity contribution in [1.82, 2.24) is 5.43 Å². The molecule has 0 saturated carbocycles. The van der Waals surface area contributed by atoms with E-state index in [9.17, 15) is 13.2 Å². The molecule has 0 saturated heterocycles. The van der Waals surface area contributed by atoms with Crippen LogP contribution in [0.25, 0.3) is 0 Å². The molecule has 1 amide bonds. The summed E-state index contributed by atoms with van der Waals surface area (Å²) in [5.41, 5.74) is 4.07. The van der Waals surface area contributed by atoms with Gasteiger partial charge in [-0.1, -0.05) is 41.4 Å². The molecule has 0 aliphatic rings. The van der Waals surface area contributed by atoms with E-state index in [-0.39, 0.29) is 0 Å². The lowest BCUT2D eigenvalue weighted by molar-refractivity contribution is -0.119. The SMILES string of the molecule is Cc1ccc(Cl)cc1N(CC(=O)N/N=C\c1ccc(Cl)cc1)S(C)(=O)=O. The Hall–Kier alpha value is -2.09. The van der Waals surface area contributed by atoms with Crippen LogP contribution in [0.3, 0.4) is 0 Å². The second-order valence-electron chi connectivity index (χ2n) is 5.55. The molecule has 0 atom stereocenters. The molecule has 0 bridgehead atoms. The van der Waals surface area contributed by atoms with Crippen LogP contribution in [-0.2, 0) is 14.8 Å². The minimum Gasteiger partial charge on any atom is -0.271 e. The number of benzene rings is 2. The van der Waals surface area contributed by atoms with Crippen molar-refractivity contribution in [2.75, 3.05) is 17.1 Å². The largest absolute Gasteiger partial charge is 0.271 e. The molecule has 0 spiro atoms. The molecule has 0 fully saturated rings. The van der Waals surface area contributed by atoms with Gasteiger partial charge in [0.05, 0.1) is 18.2 Å². The molecular formula is C17H17Cl2N3O3S. The Labute approximate surface area is 162 Å². The van der Waals surface area contributed by atoms with E-state index in [1.165, 1.54) is 12.3 Å².